The monoisotopic (exact) mass is 330 g/mol. The fourth-order valence-electron chi connectivity index (χ4n) is 1.84. The van der Waals surface area contributed by atoms with Crippen LogP contribution >= 0.6 is 46.4 Å². The lowest BCUT2D eigenvalue weighted by molar-refractivity contribution is 1.34. The van der Waals surface area contributed by atoms with Crippen molar-refractivity contribution in [2.24, 2.45) is 0 Å². The predicted molar refractivity (Wildman–Crippen MR) is 81.6 cm³/mol. The Morgan fingerprint density at radius 2 is 1.58 bits per heavy atom. The van der Waals surface area contributed by atoms with Gasteiger partial charge in [-0.2, -0.15) is 0 Å². The van der Waals surface area contributed by atoms with Gasteiger partial charge in [0.25, 0.3) is 0 Å². The maximum absolute atomic E-state index is 6.16. The summed E-state index contributed by atoms with van der Waals surface area (Å²) in [5, 5.41) is 2.18. The van der Waals surface area contributed by atoms with Crippen molar-refractivity contribution in [3.63, 3.8) is 0 Å². The molecule has 0 atom stereocenters. The number of rotatable bonds is 1. The Morgan fingerprint density at radius 1 is 0.842 bits per heavy atom. The van der Waals surface area contributed by atoms with E-state index in [1.165, 1.54) is 0 Å². The normalized spacial score (nSPS) is 11.2. The molecule has 3 aromatic rings. The Kier molecular flexibility index (Phi) is 3.35. The highest BCUT2D eigenvalue weighted by atomic mass is 35.5. The summed E-state index contributed by atoms with van der Waals surface area (Å²) in [7, 11) is 0. The first-order valence-electron chi connectivity index (χ1n) is 5.35. The summed E-state index contributed by atoms with van der Waals surface area (Å²) in [5.41, 5.74) is 2.06. The van der Waals surface area contributed by atoms with Crippen LogP contribution in [0.15, 0.2) is 30.3 Å². The number of imidazole rings is 1. The molecule has 0 saturated heterocycles. The SMILES string of the molecule is Clc1ccc(-c2nc3c(Cl)ccc(Cl)c3[nH]2)c(Cl)c1. The van der Waals surface area contributed by atoms with Crippen LogP contribution in [0.1, 0.15) is 0 Å². The van der Waals surface area contributed by atoms with E-state index in [0.717, 1.165) is 5.56 Å². The van der Waals surface area contributed by atoms with Crippen LogP contribution in [0, 0.1) is 0 Å². The van der Waals surface area contributed by atoms with Gasteiger partial charge in [-0.05, 0) is 30.3 Å². The number of aromatic amines is 1. The van der Waals surface area contributed by atoms with Gasteiger partial charge in [0.2, 0.25) is 0 Å². The third-order valence-electron chi connectivity index (χ3n) is 2.73. The minimum atomic E-state index is 0.513. The first-order chi connectivity index (χ1) is 9.06. The minimum Gasteiger partial charge on any atom is -0.337 e. The van der Waals surface area contributed by atoms with Gasteiger partial charge in [0.05, 0.1) is 20.6 Å². The molecule has 1 aromatic heterocycles. The minimum absolute atomic E-state index is 0.513. The first kappa shape index (κ1) is 13.1. The van der Waals surface area contributed by atoms with Crippen LogP contribution in [-0.4, -0.2) is 9.97 Å². The first-order valence-corrected chi connectivity index (χ1v) is 6.86. The Labute approximate surface area is 129 Å². The van der Waals surface area contributed by atoms with Gasteiger partial charge in [0.15, 0.2) is 0 Å². The molecule has 1 N–H and O–H groups in total. The average Bonchev–Trinajstić information content (AvgIpc) is 2.80. The van der Waals surface area contributed by atoms with Gasteiger partial charge in [0, 0.05) is 10.6 Å². The summed E-state index contributed by atoms with van der Waals surface area (Å²) < 4.78 is 0. The molecule has 2 nitrogen and oxygen atoms in total. The van der Waals surface area contributed by atoms with E-state index in [2.05, 4.69) is 9.97 Å². The molecule has 19 heavy (non-hydrogen) atoms. The van der Waals surface area contributed by atoms with Gasteiger partial charge in [-0.25, -0.2) is 4.98 Å². The highest BCUT2D eigenvalue weighted by molar-refractivity contribution is 6.39. The Bertz CT molecular complexity index is 741. The van der Waals surface area contributed by atoms with Gasteiger partial charge < -0.3 is 4.98 Å². The molecule has 0 aliphatic carbocycles. The van der Waals surface area contributed by atoms with E-state index in [0.29, 0.717) is 36.9 Å². The second-order valence-corrected chi connectivity index (χ2v) is 5.62. The molecule has 0 fully saturated rings. The number of nitrogens with one attached hydrogen (secondary N) is 1. The number of hydrogen-bond donors (Lipinski definition) is 1. The van der Waals surface area contributed by atoms with E-state index in [9.17, 15) is 0 Å². The molecule has 0 saturated carbocycles. The van der Waals surface area contributed by atoms with Gasteiger partial charge in [0.1, 0.15) is 11.3 Å². The molecule has 96 valence electrons. The second kappa shape index (κ2) is 4.88. The molecule has 0 spiro atoms. The third-order valence-corrected chi connectivity index (χ3v) is 3.90. The van der Waals surface area contributed by atoms with Crippen LogP contribution in [-0.2, 0) is 0 Å². The average molecular weight is 332 g/mol. The number of fused-ring (bicyclic) bond motifs is 1. The molecule has 0 bridgehead atoms. The van der Waals surface area contributed by atoms with Crippen LogP contribution in [0.2, 0.25) is 20.1 Å². The van der Waals surface area contributed by atoms with Crippen molar-refractivity contribution in [3.05, 3.63) is 50.4 Å². The number of hydrogen-bond acceptors (Lipinski definition) is 1. The van der Waals surface area contributed by atoms with E-state index in [1.54, 1.807) is 30.3 Å². The Morgan fingerprint density at radius 3 is 2.26 bits per heavy atom. The molecule has 0 aliphatic heterocycles. The summed E-state index contributed by atoms with van der Waals surface area (Å²) in [6.07, 6.45) is 0. The van der Waals surface area contributed by atoms with Crippen LogP contribution in [0.25, 0.3) is 22.4 Å². The summed E-state index contributed by atoms with van der Waals surface area (Å²) in [6.45, 7) is 0. The number of nitrogens with zero attached hydrogens (tertiary/aromatic N) is 1. The molecule has 3 rings (SSSR count). The lowest BCUT2D eigenvalue weighted by Gasteiger charge is -2.00. The standard InChI is InChI=1S/C13H6Cl4N2/c14-6-1-2-7(10(17)5-6)13-18-11-8(15)3-4-9(16)12(11)19-13/h1-5H,(H,18,19). The number of halogens is 4. The van der Waals surface area contributed by atoms with Crippen LogP contribution < -0.4 is 0 Å². The molecule has 0 aliphatic rings. The second-order valence-electron chi connectivity index (χ2n) is 3.96. The van der Waals surface area contributed by atoms with Gasteiger partial charge in [-0.3, -0.25) is 0 Å². The van der Waals surface area contributed by atoms with Crippen molar-refractivity contribution in [2.45, 2.75) is 0 Å². The van der Waals surface area contributed by atoms with Crippen LogP contribution in [0.4, 0.5) is 0 Å². The summed E-state index contributed by atoms with van der Waals surface area (Å²) in [5.74, 6) is 0.603. The lowest BCUT2D eigenvalue weighted by atomic mass is 10.2. The van der Waals surface area contributed by atoms with Crippen LogP contribution in [0.3, 0.4) is 0 Å². The Hall–Kier alpha value is -0.930. The molecule has 6 heteroatoms. The Balaban J connectivity index is 2.26. The third kappa shape index (κ3) is 2.30. The van der Waals surface area contributed by atoms with Crippen molar-refractivity contribution in [1.82, 2.24) is 9.97 Å². The number of aromatic nitrogens is 2. The fourth-order valence-corrected chi connectivity index (χ4v) is 2.73. The van der Waals surface area contributed by atoms with Crippen LogP contribution in [0.5, 0.6) is 0 Å². The quantitative estimate of drug-likeness (QED) is 0.595. The predicted octanol–water partition coefficient (Wildman–Crippen LogP) is 5.84. The number of benzene rings is 2. The van der Waals surface area contributed by atoms with E-state index < -0.39 is 0 Å². The largest absolute Gasteiger partial charge is 0.337 e. The fraction of sp³-hybridized carbons (Fsp3) is 0. The van der Waals surface area contributed by atoms with Crippen molar-refractivity contribution in [2.75, 3.05) is 0 Å². The smallest absolute Gasteiger partial charge is 0.140 e. The topological polar surface area (TPSA) is 28.7 Å². The molecule has 0 unspecified atom stereocenters. The van der Waals surface area contributed by atoms with Gasteiger partial charge >= 0.3 is 0 Å². The molecule has 0 amide bonds. The van der Waals surface area contributed by atoms with E-state index >= 15 is 0 Å². The van der Waals surface area contributed by atoms with Crippen molar-refractivity contribution >= 4 is 57.4 Å². The zero-order chi connectivity index (χ0) is 13.6. The molecule has 0 radical (unpaired) electrons. The van der Waals surface area contributed by atoms with Crippen molar-refractivity contribution in [3.8, 4) is 11.4 Å². The molecular weight excluding hydrogens is 326 g/mol. The van der Waals surface area contributed by atoms with Gasteiger partial charge in [-0.1, -0.05) is 46.4 Å². The molecule has 2 aromatic carbocycles. The van der Waals surface area contributed by atoms with Crippen molar-refractivity contribution in [1.29, 1.82) is 0 Å². The maximum atomic E-state index is 6.16. The molecular formula is C13H6Cl4N2. The highest BCUT2D eigenvalue weighted by Gasteiger charge is 2.13. The van der Waals surface area contributed by atoms with Gasteiger partial charge in [-0.15, -0.1) is 0 Å². The zero-order valence-corrected chi connectivity index (χ0v) is 12.4. The van der Waals surface area contributed by atoms with E-state index in [-0.39, 0.29) is 0 Å². The maximum Gasteiger partial charge on any atom is 0.140 e. The number of H-pyrrole nitrogens is 1. The summed E-state index contributed by atoms with van der Waals surface area (Å²) >= 11 is 24.2. The highest BCUT2D eigenvalue weighted by Crippen LogP contribution is 2.33. The van der Waals surface area contributed by atoms with E-state index in [1.807, 2.05) is 0 Å². The zero-order valence-electron chi connectivity index (χ0n) is 9.35. The molecule has 1 heterocycles. The van der Waals surface area contributed by atoms with E-state index in [4.69, 9.17) is 46.4 Å². The lowest BCUT2D eigenvalue weighted by Crippen LogP contribution is -1.81. The van der Waals surface area contributed by atoms with Crippen molar-refractivity contribution < 1.29 is 0 Å². The summed E-state index contributed by atoms with van der Waals surface area (Å²) in [6, 6.07) is 8.64. The summed E-state index contributed by atoms with van der Waals surface area (Å²) in [4.78, 5) is 7.56.